The third-order valence-corrected chi connectivity index (χ3v) is 3.02. The molecular weight excluding hydrogens is 228 g/mol. The highest BCUT2D eigenvalue weighted by atomic mass is 32.2. The normalized spacial score (nSPS) is 11.4. The van der Waals surface area contributed by atoms with E-state index in [2.05, 4.69) is 9.44 Å². The second-order valence-electron chi connectivity index (χ2n) is 3.35. The molecule has 0 aliphatic heterocycles. The van der Waals surface area contributed by atoms with Crippen molar-refractivity contribution in [2.24, 2.45) is 0 Å². The Balaban J connectivity index is 2.65. The van der Waals surface area contributed by atoms with Gasteiger partial charge in [-0.3, -0.25) is 4.72 Å². The molecule has 0 aliphatic rings. The first-order valence-corrected chi connectivity index (χ1v) is 6.53. The second-order valence-corrected chi connectivity index (χ2v) is 4.85. The highest BCUT2D eigenvalue weighted by molar-refractivity contribution is 7.90. The van der Waals surface area contributed by atoms with Gasteiger partial charge in [0.1, 0.15) is 0 Å². The van der Waals surface area contributed by atoms with Crippen molar-refractivity contribution >= 4 is 15.9 Å². The molecule has 0 amide bonds. The van der Waals surface area contributed by atoms with Crippen LogP contribution < -0.4 is 9.44 Å². The molecule has 0 aromatic heterocycles. The molecule has 0 spiro atoms. The van der Waals surface area contributed by atoms with Gasteiger partial charge in [0.05, 0.1) is 6.61 Å². The van der Waals surface area contributed by atoms with Gasteiger partial charge in [0.15, 0.2) is 0 Å². The van der Waals surface area contributed by atoms with Crippen LogP contribution in [0.1, 0.15) is 18.9 Å². The number of anilines is 1. The zero-order valence-corrected chi connectivity index (χ0v) is 9.92. The summed E-state index contributed by atoms with van der Waals surface area (Å²) < 4.78 is 27.7. The van der Waals surface area contributed by atoms with Gasteiger partial charge in [-0.2, -0.15) is 13.1 Å². The zero-order valence-electron chi connectivity index (χ0n) is 9.10. The Kier molecular flexibility index (Phi) is 4.72. The first kappa shape index (κ1) is 13.0. The Morgan fingerprint density at radius 2 is 1.88 bits per heavy atom. The summed E-state index contributed by atoms with van der Waals surface area (Å²) in [6.07, 6.45) is 0.740. The molecule has 0 aliphatic carbocycles. The minimum absolute atomic E-state index is 0.0544. The van der Waals surface area contributed by atoms with Gasteiger partial charge in [0.25, 0.3) is 10.2 Å². The van der Waals surface area contributed by atoms with Gasteiger partial charge < -0.3 is 5.11 Å². The lowest BCUT2D eigenvalue weighted by atomic mass is 10.2. The monoisotopic (exact) mass is 244 g/mol. The fraction of sp³-hybridized carbons (Fsp3) is 0.400. The first-order valence-electron chi connectivity index (χ1n) is 5.04. The lowest BCUT2D eigenvalue weighted by Gasteiger charge is -2.08. The molecule has 3 N–H and O–H groups in total. The number of nitrogens with one attached hydrogen (secondary N) is 2. The number of benzene rings is 1. The molecule has 0 saturated carbocycles. The maximum Gasteiger partial charge on any atom is 0.299 e. The summed E-state index contributed by atoms with van der Waals surface area (Å²) >= 11 is 0. The van der Waals surface area contributed by atoms with Crippen LogP contribution in [0.25, 0.3) is 0 Å². The Hall–Kier alpha value is -1.11. The number of aliphatic hydroxyl groups is 1. The lowest BCUT2D eigenvalue weighted by molar-refractivity contribution is 0.282. The maximum atomic E-state index is 11.4. The van der Waals surface area contributed by atoms with Crippen LogP contribution >= 0.6 is 0 Å². The third-order valence-electron chi connectivity index (χ3n) is 1.93. The van der Waals surface area contributed by atoms with Crippen LogP contribution in [0.4, 0.5) is 5.69 Å². The molecule has 1 aromatic rings. The Morgan fingerprint density at radius 1 is 1.25 bits per heavy atom. The van der Waals surface area contributed by atoms with E-state index in [1.807, 2.05) is 6.92 Å². The SMILES string of the molecule is CCCNS(=O)(=O)Nc1ccc(CO)cc1. The number of aliphatic hydroxyl groups excluding tert-OH is 1. The van der Waals surface area contributed by atoms with Crippen molar-refractivity contribution in [1.82, 2.24) is 4.72 Å². The van der Waals surface area contributed by atoms with E-state index < -0.39 is 10.2 Å². The van der Waals surface area contributed by atoms with E-state index in [0.29, 0.717) is 12.2 Å². The van der Waals surface area contributed by atoms with Crippen molar-refractivity contribution in [2.75, 3.05) is 11.3 Å². The van der Waals surface area contributed by atoms with Crippen LogP contribution in [0.3, 0.4) is 0 Å². The molecule has 0 radical (unpaired) electrons. The van der Waals surface area contributed by atoms with E-state index in [9.17, 15) is 8.42 Å². The Morgan fingerprint density at radius 3 is 2.38 bits per heavy atom. The van der Waals surface area contributed by atoms with Crippen molar-refractivity contribution in [2.45, 2.75) is 20.0 Å². The Labute approximate surface area is 95.7 Å². The first-order chi connectivity index (χ1) is 7.57. The summed E-state index contributed by atoms with van der Waals surface area (Å²) in [5, 5.41) is 8.83. The van der Waals surface area contributed by atoms with Crippen LogP contribution in [0.5, 0.6) is 0 Å². The van der Waals surface area contributed by atoms with Gasteiger partial charge in [-0.1, -0.05) is 19.1 Å². The highest BCUT2D eigenvalue weighted by Crippen LogP contribution is 2.10. The number of hydrogen-bond donors (Lipinski definition) is 3. The minimum atomic E-state index is -3.48. The van der Waals surface area contributed by atoms with Crippen LogP contribution in [0, 0.1) is 0 Å². The Bertz CT molecular complexity index is 414. The second kappa shape index (κ2) is 5.83. The highest BCUT2D eigenvalue weighted by Gasteiger charge is 2.07. The maximum absolute atomic E-state index is 11.4. The molecule has 90 valence electrons. The van der Waals surface area contributed by atoms with Gasteiger partial charge in [-0.25, -0.2) is 0 Å². The van der Waals surface area contributed by atoms with Crippen molar-refractivity contribution < 1.29 is 13.5 Å². The number of hydrogen-bond acceptors (Lipinski definition) is 3. The fourth-order valence-electron chi connectivity index (χ4n) is 1.11. The average molecular weight is 244 g/mol. The molecular formula is C10H16N2O3S. The summed E-state index contributed by atoms with van der Waals surface area (Å²) in [4.78, 5) is 0. The summed E-state index contributed by atoms with van der Waals surface area (Å²) in [5.74, 6) is 0. The van der Waals surface area contributed by atoms with Crippen LogP contribution in [-0.2, 0) is 16.8 Å². The third kappa shape index (κ3) is 4.18. The quantitative estimate of drug-likeness (QED) is 0.693. The van der Waals surface area contributed by atoms with Crippen molar-refractivity contribution in [3.63, 3.8) is 0 Å². The lowest BCUT2D eigenvalue weighted by Crippen LogP contribution is -2.30. The molecule has 16 heavy (non-hydrogen) atoms. The van der Waals surface area contributed by atoms with Crippen LogP contribution in [0.2, 0.25) is 0 Å². The molecule has 0 unspecified atom stereocenters. The average Bonchev–Trinajstić information content (AvgIpc) is 2.27. The molecule has 5 nitrogen and oxygen atoms in total. The van der Waals surface area contributed by atoms with E-state index in [4.69, 9.17) is 5.11 Å². The summed E-state index contributed by atoms with van der Waals surface area (Å²) in [7, 11) is -3.48. The smallest absolute Gasteiger partial charge is 0.299 e. The summed E-state index contributed by atoms with van der Waals surface area (Å²) in [6.45, 7) is 2.24. The minimum Gasteiger partial charge on any atom is -0.392 e. The topological polar surface area (TPSA) is 78.4 Å². The molecule has 1 aromatic carbocycles. The van der Waals surface area contributed by atoms with Gasteiger partial charge in [0, 0.05) is 12.2 Å². The predicted octanol–water partition coefficient (Wildman–Crippen LogP) is 0.835. The van der Waals surface area contributed by atoms with Gasteiger partial charge in [-0.05, 0) is 24.1 Å². The molecule has 6 heteroatoms. The van der Waals surface area contributed by atoms with E-state index in [1.165, 1.54) is 0 Å². The predicted molar refractivity (Wildman–Crippen MR) is 63.2 cm³/mol. The van der Waals surface area contributed by atoms with E-state index >= 15 is 0 Å². The van der Waals surface area contributed by atoms with Gasteiger partial charge in [-0.15, -0.1) is 0 Å². The van der Waals surface area contributed by atoms with Crippen molar-refractivity contribution in [1.29, 1.82) is 0 Å². The molecule has 0 saturated heterocycles. The molecule has 0 bridgehead atoms. The molecule has 0 atom stereocenters. The molecule has 0 fully saturated rings. The van der Waals surface area contributed by atoms with Crippen LogP contribution in [0.15, 0.2) is 24.3 Å². The van der Waals surface area contributed by atoms with Gasteiger partial charge in [0.2, 0.25) is 0 Å². The molecule has 1 rings (SSSR count). The van der Waals surface area contributed by atoms with Crippen molar-refractivity contribution in [3.8, 4) is 0 Å². The van der Waals surface area contributed by atoms with E-state index in [0.717, 1.165) is 12.0 Å². The summed E-state index contributed by atoms with van der Waals surface area (Å²) in [5.41, 5.74) is 1.21. The number of rotatable bonds is 6. The standard InChI is InChI=1S/C10H16N2O3S/c1-2-7-11-16(14,15)12-10-5-3-9(8-13)4-6-10/h3-6,11-13H,2,7-8H2,1H3. The van der Waals surface area contributed by atoms with E-state index in [1.54, 1.807) is 24.3 Å². The summed E-state index contributed by atoms with van der Waals surface area (Å²) in [6, 6.07) is 6.54. The fourth-order valence-corrected chi connectivity index (χ4v) is 2.10. The zero-order chi connectivity index (χ0) is 12.0. The van der Waals surface area contributed by atoms with E-state index in [-0.39, 0.29) is 6.61 Å². The van der Waals surface area contributed by atoms with Crippen molar-refractivity contribution in [3.05, 3.63) is 29.8 Å². The van der Waals surface area contributed by atoms with Crippen LogP contribution in [-0.4, -0.2) is 20.1 Å². The van der Waals surface area contributed by atoms with Gasteiger partial charge >= 0.3 is 0 Å². The largest absolute Gasteiger partial charge is 0.392 e. The molecule has 0 heterocycles.